The van der Waals surface area contributed by atoms with Gasteiger partial charge < -0.3 is 4.40 Å². The fraction of sp³-hybridized carbons (Fsp3) is 0. The van der Waals surface area contributed by atoms with Crippen LogP contribution in [-0.4, -0.2) is 14.0 Å². The van der Waals surface area contributed by atoms with Crippen molar-refractivity contribution in [1.29, 1.82) is 0 Å². The van der Waals surface area contributed by atoms with E-state index < -0.39 is 0 Å². The van der Waals surface area contributed by atoms with Crippen molar-refractivity contribution in [3.63, 3.8) is 0 Å². The molecule has 0 radical (unpaired) electrons. The van der Waals surface area contributed by atoms with Gasteiger partial charge in [0.1, 0.15) is 0 Å². The van der Waals surface area contributed by atoms with Gasteiger partial charge in [0.15, 0.2) is 0 Å². The summed E-state index contributed by atoms with van der Waals surface area (Å²) in [5.41, 5.74) is 2.33. The van der Waals surface area contributed by atoms with Crippen LogP contribution < -0.4 is 0 Å². The molecule has 0 fully saturated rings. The first-order valence-corrected chi connectivity index (χ1v) is 3.84. The average molecular weight is 157 g/mol. The first-order chi connectivity index (χ1) is 5.95. The van der Waals surface area contributed by atoms with Crippen LogP contribution in [0.4, 0.5) is 0 Å². The Morgan fingerprint density at radius 2 is 2.00 bits per heavy atom. The lowest BCUT2D eigenvalue weighted by Crippen LogP contribution is -1.89. The van der Waals surface area contributed by atoms with Crippen LogP contribution in [0.3, 0.4) is 0 Å². The highest BCUT2D eigenvalue weighted by Crippen LogP contribution is 2.11. The third-order valence-corrected chi connectivity index (χ3v) is 2.08. The van der Waals surface area contributed by atoms with Gasteiger partial charge in [-0.3, -0.25) is 0 Å². The Labute approximate surface area is 68.9 Å². The lowest BCUT2D eigenvalue weighted by atomic mass is 10.4. The topological polar surface area (TPSA) is 21.7 Å². The fourth-order valence-electron chi connectivity index (χ4n) is 1.51. The number of fused-ring (bicyclic) bond motifs is 3. The Morgan fingerprint density at radius 1 is 1.00 bits per heavy atom. The molecular weight excluding hydrogens is 150 g/mol. The second kappa shape index (κ2) is 1.88. The quantitative estimate of drug-likeness (QED) is 0.485. The summed E-state index contributed by atoms with van der Waals surface area (Å²) in [4.78, 5) is 0. The molecule has 0 saturated heterocycles. The molecule has 12 heavy (non-hydrogen) atoms. The molecular formula is C9H7N3. The first-order valence-electron chi connectivity index (χ1n) is 3.84. The molecule has 0 atom stereocenters. The Morgan fingerprint density at radius 3 is 3.00 bits per heavy atom. The van der Waals surface area contributed by atoms with Crippen LogP contribution in [0.5, 0.6) is 0 Å². The Kier molecular flexibility index (Phi) is 0.913. The van der Waals surface area contributed by atoms with E-state index in [9.17, 15) is 0 Å². The van der Waals surface area contributed by atoms with Gasteiger partial charge in [-0.05, 0) is 18.2 Å². The number of nitrogens with zero attached hydrogens (tertiary/aromatic N) is 3. The van der Waals surface area contributed by atoms with Crippen molar-refractivity contribution in [2.75, 3.05) is 0 Å². The SMILES string of the molecule is c1cc2c3ccnn3ccn2c1. The number of hydrogen-bond donors (Lipinski definition) is 0. The molecule has 0 N–H and O–H groups in total. The highest BCUT2D eigenvalue weighted by molar-refractivity contribution is 5.74. The average Bonchev–Trinajstić information content (AvgIpc) is 2.71. The molecule has 0 aliphatic rings. The summed E-state index contributed by atoms with van der Waals surface area (Å²) in [5, 5.41) is 4.15. The van der Waals surface area contributed by atoms with Crippen LogP contribution >= 0.6 is 0 Å². The largest absolute Gasteiger partial charge is 0.320 e. The Balaban J connectivity index is 2.71. The second-order valence-corrected chi connectivity index (χ2v) is 2.76. The van der Waals surface area contributed by atoms with Gasteiger partial charge in [-0.1, -0.05) is 0 Å². The van der Waals surface area contributed by atoms with Gasteiger partial charge in [-0.15, -0.1) is 0 Å². The minimum absolute atomic E-state index is 1.14. The maximum atomic E-state index is 4.15. The second-order valence-electron chi connectivity index (χ2n) is 2.76. The van der Waals surface area contributed by atoms with E-state index >= 15 is 0 Å². The van der Waals surface area contributed by atoms with Crippen molar-refractivity contribution in [2.45, 2.75) is 0 Å². The number of hydrogen-bond acceptors (Lipinski definition) is 1. The molecule has 3 nitrogen and oxygen atoms in total. The minimum Gasteiger partial charge on any atom is -0.320 e. The Hall–Kier alpha value is -1.77. The van der Waals surface area contributed by atoms with Crippen LogP contribution in [0.2, 0.25) is 0 Å². The van der Waals surface area contributed by atoms with E-state index in [-0.39, 0.29) is 0 Å². The molecule has 3 rings (SSSR count). The molecule has 0 aliphatic heterocycles. The zero-order valence-electron chi connectivity index (χ0n) is 6.38. The normalized spacial score (nSPS) is 11.3. The van der Waals surface area contributed by atoms with Crippen LogP contribution in [-0.2, 0) is 0 Å². The van der Waals surface area contributed by atoms with Crippen LogP contribution in [0.1, 0.15) is 0 Å². The maximum absolute atomic E-state index is 4.15. The zero-order valence-corrected chi connectivity index (χ0v) is 6.38. The molecule has 3 heterocycles. The van der Waals surface area contributed by atoms with Gasteiger partial charge in [0.25, 0.3) is 0 Å². The molecule has 0 saturated carbocycles. The van der Waals surface area contributed by atoms with E-state index in [1.807, 2.05) is 41.4 Å². The van der Waals surface area contributed by atoms with Gasteiger partial charge in [0.2, 0.25) is 0 Å². The van der Waals surface area contributed by atoms with Gasteiger partial charge in [0.05, 0.1) is 17.2 Å². The van der Waals surface area contributed by atoms with E-state index in [2.05, 4.69) is 15.6 Å². The minimum atomic E-state index is 1.14. The number of rotatable bonds is 0. The van der Waals surface area contributed by atoms with Crippen LogP contribution in [0, 0.1) is 0 Å². The predicted molar refractivity (Wildman–Crippen MR) is 46.1 cm³/mol. The zero-order chi connectivity index (χ0) is 7.97. The highest BCUT2D eigenvalue weighted by atomic mass is 15.2. The summed E-state index contributed by atoms with van der Waals surface area (Å²) in [6, 6.07) is 6.12. The van der Waals surface area contributed by atoms with E-state index in [0.717, 1.165) is 5.52 Å². The Bertz CT molecular complexity index is 483. The molecule has 3 aromatic heterocycles. The summed E-state index contributed by atoms with van der Waals surface area (Å²) in [7, 11) is 0. The van der Waals surface area contributed by atoms with Crippen molar-refractivity contribution in [3.8, 4) is 0 Å². The summed E-state index contributed by atoms with van der Waals surface area (Å²) < 4.78 is 3.95. The van der Waals surface area contributed by atoms with E-state index in [1.54, 1.807) is 0 Å². The van der Waals surface area contributed by atoms with Gasteiger partial charge >= 0.3 is 0 Å². The van der Waals surface area contributed by atoms with Crippen molar-refractivity contribution in [2.24, 2.45) is 0 Å². The molecule has 0 aliphatic carbocycles. The smallest absolute Gasteiger partial charge is 0.0902 e. The molecule has 0 amide bonds. The van der Waals surface area contributed by atoms with E-state index in [4.69, 9.17) is 0 Å². The fourth-order valence-corrected chi connectivity index (χ4v) is 1.51. The third-order valence-electron chi connectivity index (χ3n) is 2.08. The molecule has 58 valence electrons. The maximum Gasteiger partial charge on any atom is 0.0902 e. The molecule has 0 unspecified atom stereocenters. The standard InChI is InChI=1S/C9H7N3/c1-2-8-9-3-4-10-12(9)7-6-11(8)5-1/h1-7H. The number of aromatic nitrogens is 3. The predicted octanol–water partition coefficient (Wildman–Crippen LogP) is 1.59. The van der Waals surface area contributed by atoms with Gasteiger partial charge in [-0.2, -0.15) is 5.10 Å². The summed E-state index contributed by atoms with van der Waals surface area (Å²) >= 11 is 0. The van der Waals surface area contributed by atoms with Crippen molar-refractivity contribution < 1.29 is 0 Å². The highest BCUT2D eigenvalue weighted by Gasteiger charge is 1.98. The van der Waals surface area contributed by atoms with Crippen LogP contribution in [0.25, 0.3) is 11.0 Å². The van der Waals surface area contributed by atoms with Crippen molar-refractivity contribution in [3.05, 3.63) is 43.0 Å². The molecule has 3 aromatic rings. The lowest BCUT2D eigenvalue weighted by molar-refractivity contribution is 0.943. The summed E-state index contributed by atoms with van der Waals surface area (Å²) in [5.74, 6) is 0. The molecule has 0 spiro atoms. The van der Waals surface area contributed by atoms with E-state index in [1.165, 1.54) is 5.52 Å². The van der Waals surface area contributed by atoms with Crippen molar-refractivity contribution >= 4 is 11.0 Å². The lowest BCUT2D eigenvalue weighted by Gasteiger charge is -1.96. The molecule has 3 heteroatoms. The van der Waals surface area contributed by atoms with Crippen LogP contribution in [0.15, 0.2) is 43.0 Å². The van der Waals surface area contributed by atoms with E-state index in [0.29, 0.717) is 0 Å². The van der Waals surface area contributed by atoms with Gasteiger partial charge in [-0.25, -0.2) is 4.52 Å². The summed E-state index contributed by atoms with van der Waals surface area (Å²) in [6.07, 6.45) is 7.78. The van der Waals surface area contributed by atoms with Gasteiger partial charge in [0, 0.05) is 18.6 Å². The molecule has 0 aromatic carbocycles. The first kappa shape index (κ1) is 5.83. The van der Waals surface area contributed by atoms with Crippen molar-refractivity contribution in [1.82, 2.24) is 14.0 Å². The molecule has 0 bridgehead atoms. The third kappa shape index (κ3) is 0.580. The summed E-state index contributed by atoms with van der Waals surface area (Å²) in [6.45, 7) is 0. The monoisotopic (exact) mass is 157 g/mol.